The summed E-state index contributed by atoms with van der Waals surface area (Å²) in [5.41, 5.74) is 0.274. The molecule has 1 aliphatic heterocycles. The van der Waals surface area contributed by atoms with Crippen molar-refractivity contribution in [1.29, 1.82) is 0 Å². The van der Waals surface area contributed by atoms with E-state index < -0.39 is 11.7 Å². The Balaban J connectivity index is 1.76. The number of alkyl halides is 3. The van der Waals surface area contributed by atoms with E-state index in [4.69, 9.17) is 33.3 Å². The molecule has 2 aromatic rings. The number of thiocarbonyl (C=S) groups is 1. The van der Waals surface area contributed by atoms with Crippen molar-refractivity contribution in [1.82, 2.24) is 9.80 Å². The topological polar surface area (TPSA) is 37.0 Å². The van der Waals surface area contributed by atoms with E-state index in [0.29, 0.717) is 24.8 Å². The molecule has 0 radical (unpaired) electrons. The van der Waals surface area contributed by atoms with Gasteiger partial charge in [-0.3, -0.25) is 4.90 Å². The monoisotopic (exact) mass is 515 g/mol. The van der Waals surface area contributed by atoms with Crippen LogP contribution in [-0.4, -0.2) is 60.9 Å². The first kappa shape index (κ1) is 26.5. The van der Waals surface area contributed by atoms with Crippen LogP contribution in [0.5, 0.6) is 5.75 Å². The highest BCUT2D eigenvalue weighted by atomic mass is 35.5. The maximum Gasteiger partial charge on any atom is 0.416 e. The maximum atomic E-state index is 13.2. The summed E-state index contributed by atoms with van der Waals surface area (Å²) in [4.78, 5) is 4.26. The molecule has 0 spiro atoms. The molecule has 0 saturated carbocycles. The molecule has 186 valence electrons. The quantitative estimate of drug-likeness (QED) is 0.433. The van der Waals surface area contributed by atoms with E-state index in [1.165, 1.54) is 6.07 Å². The molecule has 0 bridgehead atoms. The summed E-state index contributed by atoms with van der Waals surface area (Å²) in [5, 5.41) is 3.40. The Morgan fingerprint density at radius 2 is 1.94 bits per heavy atom. The van der Waals surface area contributed by atoms with Gasteiger partial charge in [0.15, 0.2) is 5.11 Å². The first-order chi connectivity index (χ1) is 16.3. The molecule has 1 saturated heterocycles. The minimum Gasteiger partial charge on any atom is -0.494 e. The number of hydrogen-bond acceptors (Lipinski definition) is 4. The average molecular weight is 516 g/mol. The van der Waals surface area contributed by atoms with Crippen molar-refractivity contribution in [3.63, 3.8) is 0 Å². The molecular formula is C24H29ClF3N3O2S. The third-order valence-electron chi connectivity index (χ3n) is 5.46. The standard InChI is InChI=1S/C24H29ClF3N3O2S/c1-2-33-22-7-4-3-6-18(22)17-31(11-5-10-30-12-14-32-15-13-30)23(34)29-21-16-19(24(26,27)28)8-9-20(21)25/h3-4,6-9,16H,2,5,10-15,17H2,1H3,(H,29,34). The molecule has 0 aliphatic carbocycles. The maximum absolute atomic E-state index is 13.2. The summed E-state index contributed by atoms with van der Waals surface area (Å²) >= 11 is 11.8. The molecule has 0 unspecified atom stereocenters. The van der Waals surface area contributed by atoms with E-state index >= 15 is 0 Å². The first-order valence-electron chi connectivity index (χ1n) is 11.2. The van der Waals surface area contributed by atoms with Crippen LogP contribution >= 0.6 is 23.8 Å². The van der Waals surface area contributed by atoms with E-state index in [-0.39, 0.29) is 10.7 Å². The molecule has 0 amide bonds. The van der Waals surface area contributed by atoms with Crippen molar-refractivity contribution in [2.24, 2.45) is 0 Å². The van der Waals surface area contributed by atoms with Gasteiger partial charge in [0.25, 0.3) is 0 Å². The van der Waals surface area contributed by atoms with Gasteiger partial charge in [-0.05, 0) is 49.8 Å². The molecule has 5 nitrogen and oxygen atoms in total. The summed E-state index contributed by atoms with van der Waals surface area (Å²) in [6, 6.07) is 10.8. The molecule has 10 heteroatoms. The SMILES string of the molecule is CCOc1ccccc1CN(CCCN1CCOCC1)C(=S)Nc1cc(C(F)(F)F)ccc1Cl. The fourth-order valence-corrected chi connectivity index (χ4v) is 4.12. The van der Waals surface area contributed by atoms with Crippen LogP contribution < -0.4 is 10.1 Å². The summed E-state index contributed by atoms with van der Waals surface area (Å²) in [5.74, 6) is 0.753. The molecule has 34 heavy (non-hydrogen) atoms. The van der Waals surface area contributed by atoms with Crippen molar-refractivity contribution < 1.29 is 22.6 Å². The van der Waals surface area contributed by atoms with Gasteiger partial charge in [-0.15, -0.1) is 0 Å². The molecule has 3 rings (SSSR count). The minimum absolute atomic E-state index is 0.123. The van der Waals surface area contributed by atoms with E-state index in [1.54, 1.807) is 0 Å². The Morgan fingerprint density at radius 1 is 1.21 bits per heavy atom. The van der Waals surface area contributed by atoms with Crippen LogP contribution in [0, 0.1) is 0 Å². The Labute approximate surface area is 208 Å². The highest BCUT2D eigenvalue weighted by Gasteiger charge is 2.31. The van der Waals surface area contributed by atoms with Gasteiger partial charge < -0.3 is 19.7 Å². The zero-order chi connectivity index (χ0) is 24.6. The number of rotatable bonds is 9. The number of morpholine rings is 1. The molecule has 2 aromatic carbocycles. The van der Waals surface area contributed by atoms with Crippen LogP contribution in [0.1, 0.15) is 24.5 Å². The molecule has 1 N–H and O–H groups in total. The second kappa shape index (κ2) is 12.6. The van der Waals surface area contributed by atoms with Crippen LogP contribution in [0.4, 0.5) is 18.9 Å². The van der Waals surface area contributed by atoms with Crippen molar-refractivity contribution >= 4 is 34.6 Å². The van der Waals surface area contributed by atoms with Crippen LogP contribution in [0.25, 0.3) is 0 Å². The van der Waals surface area contributed by atoms with E-state index in [9.17, 15) is 13.2 Å². The van der Waals surface area contributed by atoms with E-state index in [2.05, 4.69) is 10.2 Å². The van der Waals surface area contributed by atoms with E-state index in [1.807, 2.05) is 36.1 Å². The lowest BCUT2D eigenvalue weighted by atomic mass is 10.1. The fraction of sp³-hybridized carbons (Fsp3) is 0.458. The summed E-state index contributed by atoms with van der Waals surface area (Å²) in [7, 11) is 0. The molecule has 1 fully saturated rings. The Morgan fingerprint density at radius 3 is 2.65 bits per heavy atom. The number of hydrogen-bond donors (Lipinski definition) is 1. The smallest absolute Gasteiger partial charge is 0.416 e. The van der Waals surface area contributed by atoms with Crippen molar-refractivity contribution in [2.75, 3.05) is 51.3 Å². The fourth-order valence-electron chi connectivity index (χ4n) is 3.69. The van der Waals surface area contributed by atoms with Gasteiger partial charge in [-0.1, -0.05) is 29.8 Å². The molecule has 1 heterocycles. The van der Waals surface area contributed by atoms with Gasteiger partial charge in [0.05, 0.1) is 36.1 Å². The molecule has 0 atom stereocenters. The van der Waals surface area contributed by atoms with Crippen molar-refractivity contribution in [3.8, 4) is 5.75 Å². The number of benzene rings is 2. The second-order valence-corrected chi connectivity index (χ2v) is 8.69. The van der Waals surface area contributed by atoms with Crippen LogP contribution in [-0.2, 0) is 17.5 Å². The van der Waals surface area contributed by atoms with E-state index in [0.717, 1.165) is 62.7 Å². The third-order valence-corrected chi connectivity index (χ3v) is 6.15. The number of nitrogens with zero attached hydrogens (tertiary/aromatic N) is 2. The predicted octanol–water partition coefficient (Wildman–Crippen LogP) is 5.68. The van der Waals surface area contributed by atoms with Gasteiger partial charge in [0, 0.05) is 38.3 Å². The highest BCUT2D eigenvalue weighted by Crippen LogP contribution is 2.34. The molecule has 0 aromatic heterocycles. The van der Waals surface area contributed by atoms with Crippen molar-refractivity contribution in [2.45, 2.75) is 26.1 Å². The lowest BCUT2D eigenvalue weighted by Gasteiger charge is -2.30. The Kier molecular flexibility index (Phi) is 9.82. The average Bonchev–Trinajstić information content (AvgIpc) is 2.81. The number of para-hydroxylation sites is 1. The summed E-state index contributed by atoms with van der Waals surface area (Å²) in [6.07, 6.45) is -3.65. The van der Waals surface area contributed by atoms with Crippen molar-refractivity contribution in [3.05, 3.63) is 58.6 Å². The molecule has 1 aliphatic rings. The summed E-state index contributed by atoms with van der Waals surface area (Å²) < 4.78 is 50.8. The van der Waals surface area contributed by atoms with Crippen LogP contribution in [0.2, 0.25) is 5.02 Å². The number of nitrogens with one attached hydrogen (secondary N) is 1. The first-order valence-corrected chi connectivity index (χ1v) is 12.0. The second-order valence-electron chi connectivity index (χ2n) is 7.89. The molecular weight excluding hydrogens is 487 g/mol. The van der Waals surface area contributed by atoms with Gasteiger partial charge in [-0.2, -0.15) is 13.2 Å². The minimum atomic E-state index is -4.48. The zero-order valence-electron chi connectivity index (χ0n) is 19.0. The largest absolute Gasteiger partial charge is 0.494 e. The summed E-state index contributed by atoms with van der Waals surface area (Å²) in [6.45, 7) is 7.58. The van der Waals surface area contributed by atoms with Crippen LogP contribution in [0.15, 0.2) is 42.5 Å². The van der Waals surface area contributed by atoms with Gasteiger partial charge in [0.2, 0.25) is 0 Å². The van der Waals surface area contributed by atoms with Gasteiger partial charge in [-0.25, -0.2) is 0 Å². The third kappa shape index (κ3) is 7.73. The Bertz CT molecular complexity index is 955. The lowest BCUT2D eigenvalue weighted by molar-refractivity contribution is -0.137. The van der Waals surface area contributed by atoms with Crippen LogP contribution in [0.3, 0.4) is 0 Å². The normalized spacial score (nSPS) is 14.6. The number of ether oxygens (including phenoxy) is 2. The number of anilines is 1. The lowest BCUT2D eigenvalue weighted by Crippen LogP contribution is -2.40. The zero-order valence-corrected chi connectivity index (χ0v) is 20.6. The van der Waals surface area contributed by atoms with Gasteiger partial charge in [0.1, 0.15) is 5.75 Å². The predicted molar refractivity (Wildman–Crippen MR) is 133 cm³/mol. The highest BCUT2D eigenvalue weighted by molar-refractivity contribution is 7.80. The Hall–Kier alpha value is -2.07. The number of halogens is 4. The van der Waals surface area contributed by atoms with Gasteiger partial charge >= 0.3 is 6.18 Å².